The molecule has 0 radical (unpaired) electrons. The number of ether oxygens (including phenoxy) is 3. The molecule has 0 saturated carbocycles. The molecule has 10 heteroatoms. The molecule has 38 heavy (non-hydrogen) atoms. The summed E-state index contributed by atoms with van der Waals surface area (Å²) in [5.74, 6) is 0.165. The Labute approximate surface area is 224 Å². The molecule has 2 atom stereocenters. The van der Waals surface area contributed by atoms with E-state index in [0.717, 1.165) is 18.4 Å². The highest BCUT2D eigenvalue weighted by atomic mass is 32.1. The second kappa shape index (κ2) is 12.1. The summed E-state index contributed by atoms with van der Waals surface area (Å²) in [7, 11) is 0. The van der Waals surface area contributed by atoms with E-state index in [9.17, 15) is 14.4 Å². The SMILES string of the molecule is O=C(NCC(=O)N(Cc1ccc2c(c1)OCO2)[C@H](C(=O)NC[C@H]1CCCO1)c1ccccc1)c1cccs1. The van der Waals surface area contributed by atoms with Crippen LogP contribution in [0.25, 0.3) is 0 Å². The number of carbonyl (C=O) groups excluding carboxylic acids is 3. The van der Waals surface area contributed by atoms with E-state index in [1.165, 1.54) is 16.2 Å². The number of hydrogen-bond acceptors (Lipinski definition) is 7. The van der Waals surface area contributed by atoms with E-state index in [-0.39, 0.29) is 37.8 Å². The van der Waals surface area contributed by atoms with E-state index >= 15 is 0 Å². The average Bonchev–Trinajstić information content (AvgIpc) is 3.73. The van der Waals surface area contributed by atoms with Gasteiger partial charge in [-0.3, -0.25) is 14.4 Å². The van der Waals surface area contributed by atoms with Gasteiger partial charge in [-0.2, -0.15) is 0 Å². The summed E-state index contributed by atoms with van der Waals surface area (Å²) in [4.78, 5) is 41.9. The van der Waals surface area contributed by atoms with Crippen molar-refractivity contribution in [3.63, 3.8) is 0 Å². The molecule has 2 aliphatic rings. The Bertz CT molecular complexity index is 1260. The molecule has 198 valence electrons. The molecule has 0 bridgehead atoms. The van der Waals surface area contributed by atoms with Gasteiger partial charge in [0, 0.05) is 19.7 Å². The zero-order valence-corrected chi connectivity index (χ0v) is 21.6. The lowest BCUT2D eigenvalue weighted by Crippen LogP contribution is -2.47. The van der Waals surface area contributed by atoms with Crippen LogP contribution in [0.4, 0.5) is 0 Å². The molecule has 2 N–H and O–H groups in total. The predicted octanol–water partition coefficient (Wildman–Crippen LogP) is 3.27. The van der Waals surface area contributed by atoms with E-state index < -0.39 is 11.9 Å². The number of carbonyl (C=O) groups is 3. The van der Waals surface area contributed by atoms with E-state index in [2.05, 4.69) is 10.6 Å². The van der Waals surface area contributed by atoms with Crippen LogP contribution in [-0.4, -0.2) is 55.2 Å². The molecule has 0 spiro atoms. The van der Waals surface area contributed by atoms with Crippen LogP contribution in [-0.2, 0) is 20.9 Å². The Morgan fingerprint density at radius 2 is 1.84 bits per heavy atom. The highest BCUT2D eigenvalue weighted by molar-refractivity contribution is 7.12. The van der Waals surface area contributed by atoms with Crippen LogP contribution in [0.2, 0.25) is 0 Å². The summed E-state index contributed by atoms with van der Waals surface area (Å²) in [6.07, 6.45) is 1.80. The maximum absolute atomic E-state index is 13.7. The molecule has 5 rings (SSSR count). The fourth-order valence-corrected chi connectivity index (χ4v) is 5.18. The number of rotatable bonds is 10. The summed E-state index contributed by atoms with van der Waals surface area (Å²) in [5.41, 5.74) is 1.43. The van der Waals surface area contributed by atoms with E-state index in [1.54, 1.807) is 29.6 Å². The van der Waals surface area contributed by atoms with E-state index in [4.69, 9.17) is 14.2 Å². The monoisotopic (exact) mass is 535 g/mol. The topological polar surface area (TPSA) is 106 Å². The van der Waals surface area contributed by atoms with Crippen LogP contribution in [0.15, 0.2) is 66.0 Å². The summed E-state index contributed by atoms with van der Waals surface area (Å²) < 4.78 is 16.6. The Kier molecular flexibility index (Phi) is 8.20. The smallest absolute Gasteiger partial charge is 0.261 e. The number of benzene rings is 2. The third-order valence-electron chi connectivity index (χ3n) is 6.46. The zero-order valence-electron chi connectivity index (χ0n) is 20.8. The predicted molar refractivity (Wildman–Crippen MR) is 141 cm³/mol. The summed E-state index contributed by atoms with van der Waals surface area (Å²) in [6, 6.07) is 17.1. The van der Waals surface area contributed by atoms with Crippen molar-refractivity contribution in [2.75, 3.05) is 26.5 Å². The number of thiophene rings is 1. The lowest BCUT2D eigenvalue weighted by Gasteiger charge is -2.32. The number of fused-ring (bicyclic) bond motifs is 1. The first-order valence-corrected chi connectivity index (χ1v) is 13.4. The lowest BCUT2D eigenvalue weighted by atomic mass is 10.0. The van der Waals surface area contributed by atoms with Gasteiger partial charge in [-0.25, -0.2) is 0 Å². The highest BCUT2D eigenvalue weighted by Gasteiger charge is 2.32. The van der Waals surface area contributed by atoms with Crippen LogP contribution in [0.1, 0.15) is 39.7 Å². The van der Waals surface area contributed by atoms with Gasteiger partial charge in [-0.05, 0) is 47.5 Å². The first-order chi connectivity index (χ1) is 18.6. The summed E-state index contributed by atoms with van der Waals surface area (Å²) in [6.45, 7) is 1.04. The van der Waals surface area contributed by atoms with Gasteiger partial charge in [0.1, 0.15) is 6.04 Å². The quantitative estimate of drug-likeness (QED) is 0.413. The second-order valence-electron chi connectivity index (χ2n) is 9.06. The van der Waals surface area contributed by atoms with Crippen LogP contribution in [0.5, 0.6) is 11.5 Å². The van der Waals surface area contributed by atoms with Gasteiger partial charge >= 0.3 is 0 Å². The number of amides is 3. The van der Waals surface area contributed by atoms with Crippen molar-refractivity contribution in [1.82, 2.24) is 15.5 Å². The molecule has 0 unspecified atom stereocenters. The Hall–Kier alpha value is -3.89. The average molecular weight is 536 g/mol. The summed E-state index contributed by atoms with van der Waals surface area (Å²) in [5, 5.41) is 7.48. The van der Waals surface area contributed by atoms with Gasteiger partial charge in [0.05, 0.1) is 17.5 Å². The second-order valence-corrected chi connectivity index (χ2v) is 10.0. The minimum atomic E-state index is -0.922. The van der Waals surface area contributed by atoms with Crippen molar-refractivity contribution < 1.29 is 28.6 Å². The highest BCUT2D eigenvalue weighted by Crippen LogP contribution is 2.34. The molecule has 3 amide bonds. The largest absolute Gasteiger partial charge is 0.454 e. The first-order valence-electron chi connectivity index (χ1n) is 12.5. The molecule has 2 aromatic carbocycles. The van der Waals surface area contributed by atoms with Gasteiger partial charge in [-0.15, -0.1) is 11.3 Å². The maximum atomic E-state index is 13.7. The van der Waals surface area contributed by atoms with Crippen molar-refractivity contribution in [2.24, 2.45) is 0 Å². The van der Waals surface area contributed by atoms with Crippen molar-refractivity contribution in [3.05, 3.63) is 82.0 Å². The van der Waals surface area contributed by atoms with Crippen molar-refractivity contribution in [2.45, 2.75) is 31.5 Å². The molecule has 9 nitrogen and oxygen atoms in total. The maximum Gasteiger partial charge on any atom is 0.261 e. The van der Waals surface area contributed by atoms with Crippen LogP contribution in [0, 0.1) is 0 Å². The van der Waals surface area contributed by atoms with Gasteiger partial charge in [0.15, 0.2) is 11.5 Å². The third-order valence-corrected chi connectivity index (χ3v) is 7.33. The molecule has 1 aromatic heterocycles. The third kappa shape index (κ3) is 6.15. The van der Waals surface area contributed by atoms with Crippen LogP contribution in [0.3, 0.4) is 0 Å². The van der Waals surface area contributed by atoms with Crippen molar-refractivity contribution in [3.8, 4) is 11.5 Å². The molecule has 3 aromatic rings. The Morgan fingerprint density at radius 1 is 1.00 bits per heavy atom. The van der Waals surface area contributed by atoms with E-state index in [1.807, 2.05) is 36.4 Å². The van der Waals surface area contributed by atoms with Gasteiger partial charge < -0.3 is 29.7 Å². The van der Waals surface area contributed by atoms with Crippen LogP contribution >= 0.6 is 11.3 Å². The standard InChI is InChI=1S/C28H29N3O6S/c32-25(16-30-27(33)24-9-5-13-38-24)31(17-19-10-11-22-23(14-19)37-18-36-22)26(20-6-2-1-3-7-20)28(34)29-15-21-8-4-12-35-21/h1-3,5-7,9-11,13-14,21,26H,4,8,12,15-18H2,(H,29,34)(H,30,33)/t21-,26+/m1/s1. The lowest BCUT2D eigenvalue weighted by molar-refractivity contribution is -0.141. The van der Waals surface area contributed by atoms with E-state index in [0.29, 0.717) is 35.1 Å². The Balaban J connectivity index is 1.41. The molecule has 3 heterocycles. The number of hydrogen-bond donors (Lipinski definition) is 2. The fourth-order valence-electron chi connectivity index (χ4n) is 4.54. The van der Waals surface area contributed by atoms with Crippen molar-refractivity contribution in [1.29, 1.82) is 0 Å². The van der Waals surface area contributed by atoms with Crippen LogP contribution < -0.4 is 20.1 Å². The molecule has 2 aliphatic heterocycles. The number of nitrogens with zero attached hydrogens (tertiary/aromatic N) is 1. The summed E-state index contributed by atoms with van der Waals surface area (Å²) >= 11 is 1.29. The zero-order chi connectivity index (χ0) is 26.3. The molecular formula is C28H29N3O6S. The molecule has 1 fully saturated rings. The minimum Gasteiger partial charge on any atom is -0.454 e. The van der Waals surface area contributed by atoms with Gasteiger partial charge in [0.2, 0.25) is 18.6 Å². The molecule has 1 saturated heterocycles. The molecule has 0 aliphatic carbocycles. The normalized spacial score (nSPS) is 16.6. The Morgan fingerprint density at radius 3 is 2.61 bits per heavy atom. The van der Waals surface area contributed by atoms with Crippen molar-refractivity contribution >= 4 is 29.1 Å². The fraction of sp³-hybridized carbons (Fsp3) is 0.321. The first kappa shape index (κ1) is 25.7. The minimum absolute atomic E-state index is 0.0431. The molecular weight excluding hydrogens is 506 g/mol. The van der Waals surface area contributed by atoms with Gasteiger partial charge in [0.25, 0.3) is 5.91 Å². The van der Waals surface area contributed by atoms with Gasteiger partial charge in [-0.1, -0.05) is 42.5 Å². The number of nitrogens with one attached hydrogen (secondary N) is 2.